The first-order chi connectivity index (χ1) is 18.3. The van der Waals surface area contributed by atoms with E-state index in [-0.39, 0.29) is 30.0 Å². The Labute approximate surface area is 219 Å². The number of methoxy groups -OCH3 is 2. The lowest BCUT2D eigenvalue weighted by Gasteiger charge is -2.19. The number of nitrogens with one attached hydrogen (secondary N) is 2. The number of carbonyl (C=O) groups is 5. The molecule has 1 saturated heterocycles. The van der Waals surface area contributed by atoms with Crippen LogP contribution in [-0.2, 0) is 23.9 Å². The summed E-state index contributed by atoms with van der Waals surface area (Å²) in [6, 6.07) is 10.9. The van der Waals surface area contributed by atoms with Crippen molar-refractivity contribution in [3.8, 4) is 11.5 Å². The van der Waals surface area contributed by atoms with Crippen LogP contribution in [0.2, 0.25) is 0 Å². The highest BCUT2D eigenvalue weighted by Crippen LogP contribution is 2.28. The van der Waals surface area contributed by atoms with Crippen LogP contribution in [0.4, 0.5) is 5.69 Å². The van der Waals surface area contributed by atoms with Gasteiger partial charge in [0.2, 0.25) is 5.91 Å². The molecule has 0 spiro atoms. The van der Waals surface area contributed by atoms with E-state index in [0.29, 0.717) is 24.3 Å². The predicted octanol–water partition coefficient (Wildman–Crippen LogP) is 1.95. The Morgan fingerprint density at radius 1 is 0.974 bits per heavy atom. The molecule has 2 N–H and O–H groups in total. The average molecular weight is 528 g/mol. The normalized spacial score (nSPS) is 14.4. The first-order valence-electron chi connectivity index (χ1n) is 11.8. The second-order valence-electron chi connectivity index (χ2n) is 8.25. The minimum Gasteiger partial charge on any atom is -0.496 e. The summed E-state index contributed by atoms with van der Waals surface area (Å²) in [7, 11) is 2.79. The van der Waals surface area contributed by atoms with Crippen LogP contribution in [0.3, 0.4) is 0 Å². The van der Waals surface area contributed by atoms with Gasteiger partial charge in [-0.05, 0) is 42.8 Å². The molecule has 0 unspecified atom stereocenters. The van der Waals surface area contributed by atoms with Gasteiger partial charge in [-0.2, -0.15) is 0 Å². The fourth-order valence-electron chi connectivity index (χ4n) is 3.65. The Balaban J connectivity index is 1.49. The highest BCUT2D eigenvalue weighted by Gasteiger charge is 2.37. The number of amides is 3. The Morgan fingerprint density at radius 3 is 2.24 bits per heavy atom. The first kappa shape index (κ1) is 28.0. The molecule has 202 valence electrons. The zero-order valence-electron chi connectivity index (χ0n) is 21.3. The summed E-state index contributed by atoms with van der Waals surface area (Å²) in [5, 5.41) is 3.58. The molecule has 1 aliphatic heterocycles. The topological polar surface area (TPSA) is 150 Å². The van der Waals surface area contributed by atoms with Gasteiger partial charge in [-0.3, -0.25) is 29.6 Å². The van der Waals surface area contributed by atoms with Crippen LogP contribution in [0.5, 0.6) is 11.5 Å². The summed E-state index contributed by atoms with van der Waals surface area (Å²) < 4.78 is 20.5. The predicted molar refractivity (Wildman–Crippen MR) is 133 cm³/mol. The minimum absolute atomic E-state index is 0.0962. The molecule has 1 heterocycles. The van der Waals surface area contributed by atoms with Crippen LogP contribution >= 0.6 is 0 Å². The fourth-order valence-corrected chi connectivity index (χ4v) is 3.65. The van der Waals surface area contributed by atoms with Crippen molar-refractivity contribution in [3.63, 3.8) is 0 Å². The van der Waals surface area contributed by atoms with Crippen LogP contribution in [0.15, 0.2) is 42.5 Å². The highest BCUT2D eigenvalue weighted by molar-refractivity contribution is 6.01. The smallest absolute Gasteiger partial charge is 0.338 e. The van der Waals surface area contributed by atoms with Crippen molar-refractivity contribution in [1.82, 2.24) is 10.4 Å². The van der Waals surface area contributed by atoms with E-state index in [1.807, 2.05) is 6.92 Å². The molecule has 1 fully saturated rings. The van der Waals surface area contributed by atoms with E-state index in [2.05, 4.69) is 10.7 Å². The molecule has 0 aromatic heterocycles. The maximum atomic E-state index is 12.8. The second-order valence-corrected chi connectivity index (χ2v) is 8.25. The lowest BCUT2D eigenvalue weighted by Crippen LogP contribution is -2.43. The summed E-state index contributed by atoms with van der Waals surface area (Å²) in [6.07, 6.45) is 0.512. The molecule has 2 aromatic carbocycles. The first-order valence-corrected chi connectivity index (χ1v) is 11.8. The molecule has 3 rings (SSSR count). The Hall–Kier alpha value is -4.61. The molecule has 0 saturated carbocycles. The van der Waals surface area contributed by atoms with Gasteiger partial charge in [0.15, 0.2) is 6.61 Å². The summed E-state index contributed by atoms with van der Waals surface area (Å²) >= 11 is 0. The number of carbonyl (C=O) groups excluding carboxylic acids is 5. The van der Waals surface area contributed by atoms with Crippen LogP contribution in [0, 0.1) is 5.92 Å². The third-order valence-electron chi connectivity index (χ3n) is 5.54. The fraction of sp³-hybridized carbons (Fsp3) is 0.346. The summed E-state index contributed by atoms with van der Waals surface area (Å²) in [4.78, 5) is 61.7. The summed E-state index contributed by atoms with van der Waals surface area (Å²) in [5.41, 5.74) is 3.30. The van der Waals surface area contributed by atoms with Gasteiger partial charge in [0.25, 0.3) is 11.8 Å². The molecule has 1 atom stereocenters. The summed E-state index contributed by atoms with van der Waals surface area (Å²) in [5.74, 6) is -3.32. The standard InChI is InChI=1S/C26H29N3O9/c1-4-12-37-25(33)16-8-10-18(11-9-16)27-21(30)15-38-26(34)17-13-22(31)29(14-17)28-24(32)23-19(35-2)6-5-7-20(23)36-3/h5-11,17H,4,12-15H2,1-3H3,(H,27,30)(H,28,32)/t17-/m0/s1. The molecule has 0 radical (unpaired) electrons. The maximum Gasteiger partial charge on any atom is 0.338 e. The van der Waals surface area contributed by atoms with Gasteiger partial charge < -0.3 is 24.3 Å². The SMILES string of the molecule is CCCOC(=O)c1ccc(NC(=O)COC(=O)[C@H]2CC(=O)N(NC(=O)c3c(OC)cccc3OC)C2)cc1. The molecule has 2 aromatic rings. The highest BCUT2D eigenvalue weighted by atomic mass is 16.5. The molecular weight excluding hydrogens is 498 g/mol. The van der Waals surface area contributed by atoms with E-state index in [1.165, 1.54) is 38.5 Å². The Kier molecular flexibility index (Phi) is 9.63. The molecule has 3 amide bonds. The number of hydrazine groups is 1. The molecule has 12 nitrogen and oxygen atoms in total. The number of anilines is 1. The number of esters is 2. The van der Waals surface area contributed by atoms with Crippen LogP contribution in [0.1, 0.15) is 40.5 Å². The quantitative estimate of drug-likeness (QED) is 0.418. The molecular formula is C26H29N3O9. The van der Waals surface area contributed by atoms with E-state index in [9.17, 15) is 24.0 Å². The Bertz CT molecular complexity index is 1170. The maximum absolute atomic E-state index is 12.8. The van der Waals surface area contributed by atoms with Crippen LogP contribution in [-0.4, -0.2) is 68.6 Å². The molecule has 0 aliphatic carbocycles. The molecule has 12 heteroatoms. The van der Waals surface area contributed by atoms with Crippen molar-refractivity contribution in [2.45, 2.75) is 19.8 Å². The molecule has 38 heavy (non-hydrogen) atoms. The lowest BCUT2D eigenvalue weighted by molar-refractivity contribution is -0.151. The molecule has 0 bridgehead atoms. The third-order valence-corrected chi connectivity index (χ3v) is 5.54. The van der Waals surface area contributed by atoms with Crippen molar-refractivity contribution in [1.29, 1.82) is 0 Å². The van der Waals surface area contributed by atoms with Gasteiger partial charge in [-0.15, -0.1) is 0 Å². The third kappa shape index (κ3) is 6.99. The number of nitrogens with zero attached hydrogens (tertiary/aromatic N) is 1. The van der Waals surface area contributed by atoms with Crippen molar-refractivity contribution >= 4 is 35.3 Å². The number of rotatable bonds is 11. The summed E-state index contributed by atoms with van der Waals surface area (Å²) in [6.45, 7) is 1.50. The van der Waals surface area contributed by atoms with E-state index in [0.717, 1.165) is 5.01 Å². The van der Waals surface area contributed by atoms with Crippen LogP contribution < -0.4 is 20.2 Å². The van der Waals surface area contributed by atoms with E-state index in [1.54, 1.807) is 18.2 Å². The van der Waals surface area contributed by atoms with E-state index in [4.69, 9.17) is 18.9 Å². The Morgan fingerprint density at radius 2 is 1.63 bits per heavy atom. The monoisotopic (exact) mass is 527 g/mol. The number of hydrogen-bond acceptors (Lipinski definition) is 9. The second kappa shape index (κ2) is 13.1. The molecule has 1 aliphatic rings. The number of hydrogen-bond donors (Lipinski definition) is 2. The average Bonchev–Trinajstić information content (AvgIpc) is 3.29. The van der Waals surface area contributed by atoms with Crippen molar-refractivity contribution in [2.24, 2.45) is 5.92 Å². The minimum atomic E-state index is -0.872. The zero-order valence-corrected chi connectivity index (χ0v) is 21.3. The van der Waals surface area contributed by atoms with Gasteiger partial charge in [0.05, 0.1) is 38.9 Å². The van der Waals surface area contributed by atoms with Crippen molar-refractivity contribution < 1.29 is 42.9 Å². The van der Waals surface area contributed by atoms with Gasteiger partial charge in [0.1, 0.15) is 17.1 Å². The number of benzene rings is 2. The van der Waals surface area contributed by atoms with E-state index >= 15 is 0 Å². The number of ether oxygens (including phenoxy) is 4. The zero-order chi connectivity index (χ0) is 27.7. The van der Waals surface area contributed by atoms with Gasteiger partial charge >= 0.3 is 11.9 Å². The largest absolute Gasteiger partial charge is 0.496 e. The van der Waals surface area contributed by atoms with Crippen LogP contribution in [0.25, 0.3) is 0 Å². The van der Waals surface area contributed by atoms with Crippen molar-refractivity contribution in [2.75, 3.05) is 39.3 Å². The van der Waals surface area contributed by atoms with Gasteiger partial charge in [-0.25, -0.2) is 4.79 Å². The van der Waals surface area contributed by atoms with E-state index < -0.39 is 42.2 Å². The van der Waals surface area contributed by atoms with Crippen molar-refractivity contribution in [3.05, 3.63) is 53.6 Å². The van der Waals surface area contributed by atoms with Gasteiger partial charge in [0, 0.05) is 12.1 Å². The van der Waals surface area contributed by atoms with Gasteiger partial charge in [-0.1, -0.05) is 13.0 Å². The lowest BCUT2D eigenvalue weighted by atomic mass is 10.1.